The van der Waals surface area contributed by atoms with E-state index in [0.29, 0.717) is 6.04 Å². The minimum Gasteiger partial charge on any atom is -0.338 e. The number of rotatable bonds is 2. The molecule has 1 unspecified atom stereocenters. The summed E-state index contributed by atoms with van der Waals surface area (Å²) in [5.74, 6) is -0.119. The number of benzene rings is 1. The smallest absolute Gasteiger partial charge is 0.130 e. The molecule has 0 amide bonds. The molecule has 19 heavy (non-hydrogen) atoms. The maximum Gasteiger partial charge on any atom is 0.130 e. The molecule has 1 atom stereocenters. The van der Waals surface area contributed by atoms with E-state index in [1.807, 2.05) is 12.2 Å². The lowest BCUT2D eigenvalue weighted by Crippen LogP contribution is -2.02. The maximum atomic E-state index is 11.0. The molecule has 0 radical (unpaired) electrons. The Labute approximate surface area is 113 Å². The van der Waals surface area contributed by atoms with Crippen molar-refractivity contribution in [3.8, 4) is 0 Å². The van der Waals surface area contributed by atoms with Crippen LogP contribution in [0.1, 0.15) is 31.1 Å². The van der Waals surface area contributed by atoms with Gasteiger partial charge < -0.3 is 9.36 Å². The highest BCUT2D eigenvalue weighted by Gasteiger charge is 2.17. The predicted molar refractivity (Wildman–Crippen MR) is 79.9 cm³/mol. The second kappa shape index (κ2) is 4.54. The van der Waals surface area contributed by atoms with E-state index in [9.17, 15) is 4.79 Å². The first kappa shape index (κ1) is 12.0. The number of hydrogen-bond donors (Lipinski definition) is 0. The lowest BCUT2D eigenvalue weighted by Gasteiger charge is -2.12. The second-order valence-electron chi connectivity index (χ2n) is 5.21. The van der Waals surface area contributed by atoms with Gasteiger partial charge in [-0.25, -0.2) is 0 Å². The molecule has 0 bridgehead atoms. The molecule has 0 fully saturated rings. The van der Waals surface area contributed by atoms with Crippen LogP contribution < -0.4 is 0 Å². The summed E-state index contributed by atoms with van der Waals surface area (Å²) in [4.78, 5) is 11.0. The van der Waals surface area contributed by atoms with Gasteiger partial charge in [-0.3, -0.25) is 0 Å². The Hall–Kier alpha value is -2.09. The standard InChI is InChI=1S/C17H17NO/c1-12(2)18-16-6-4-3-5-14(16)15-9-7-13(11-19)8-10-17(15)18/h3-13H,1-2H3. The first-order chi connectivity index (χ1) is 9.22. The van der Waals surface area contributed by atoms with Gasteiger partial charge in [-0.05, 0) is 26.0 Å². The van der Waals surface area contributed by atoms with Gasteiger partial charge in [0.2, 0.25) is 0 Å². The Kier molecular flexibility index (Phi) is 2.86. The van der Waals surface area contributed by atoms with Crippen LogP contribution in [0.15, 0.2) is 36.4 Å². The highest BCUT2D eigenvalue weighted by molar-refractivity contribution is 5.95. The monoisotopic (exact) mass is 251 g/mol. The van der Waals surface area contributed by atoms with Gasteiger partial charge in [0.05, 0.1) is 5.92 Å². The second-order valence-corrected chi connectivity index (χ2v) is 5.21. The Morgan fingerprint density at radius 3 is 2.63 bits per heavy atom. The Morgan fingerprint density at radius 2 is 1.89 bits per heavy atom. The number of nitrogens with zero attached hydrogens (tertiary/aromatic N) is 1. The van der Waals surface area contributed by atoms with Crippen LogP contribution in [0.3, 0.4) is 0 Å². The van der Waals surface area contributed by atoms with Crippen LogP contribution in [-0.2, 0) is 4.79 Å². The van der Waals surface area contributed by atoms with Crippen molar-refractivity contribution in [3.05, 3.63) is 47.7 Å². The largest absolute Gasteiger partial charge is 0.338 e. The van der Waals surface area contributed by atoms with Crippen LogP contribution in [0, 0.1) is 5.92 Å². The van der Waals surface area contributed by atoms with Crippen molar-refractivity contribution in [3.63, 3.8) is 0 Å². The van der Waals surface area contributed by atoms with Gasteiger partial charge in [-0.15, -0.1) is 0 Å². The zero-order valence-corrected chi connectivity index (χ0v) is 11.2. The first-order valence-corrected chi connectivity index (χ1v) is 6.67. The first-order valence-electron chi connectivity index (χ1n) is 6.67. The van der Waals surface area contributed by atoms with E-state index in [1.165, 1.54) is 22.2 Å². The quantitative estimate of drug-likeness (QED) is 0.737. The topological polar surface area (TPSA) is 22.0 Å². The van der Waals surface area contributed by atoms with E-state index in [-0.39, 0.29) is 5.92 Å². The third kappa shape index (κ3) is 1.84. The summed E-state index contributed by atoms with van der Waals surface area (Å²) >= 11 is 0. The van der Waals surface area contributed by atoms with Gasteiger partial charge >= 0.3 is 0 Å². The molecule has 0 N–H and O–H groups in total. The number of aromatic nitrogens is 1. The zero-order valence-electron chi connectivity index (χ0n) is 11.2. The fourth-order valence-corrected chi connectivity index (χ4v) is 2.78. The number of allylic oxidation sites excluding steroid dienone is 2. The fourth-order valence-electron chi connectivity index (χ4n) is 2.78. The summed E-state index contributed by atoms with van der Waals surface area (Å²) in [5.41, 5.74) is 3.66. The summed E-state index contributed by atoms with van der Waals surface area (Å²) in [6.07, 6.45) is 9.06. The molecule has 0 aliphatic heterocycles. The summed E-state index contributed by atoms with van der Waals surface area (Å²) < 4.78 is 2.33. The van der Waals surface area contributed by atoms with Crippen LogP contribution in [0.5, 0.6) is 0 Å². The molecule has 96 valence electrons. The van der Waals surface area contributed by atoms with Crippen molar-refractivity contribution in [1.82, 2.24) is 4.57 Å². The molecule has 1 heterocycles. The number of aldehydes is 1. The molecule has 1 aliphatic carbocycles. The number of hydrogen-bond acceptors (Lipinski definition) is 1. The van der Waals surface area contributed by atoms with Gasteiger partial charge in [-0.1, -0.05) is 36.4 Å². The number of fused-ring (bicyclic) bond motifs is 3. The third-order valence-corrected chi connectivity index (χ3v) is 3.62. The van der Waals surface area contributed by atoms with Crippen molar-refractivity contribution in [2.24, 2.45) is 5.92 Å². The van der Waals surface area contributed by atoms with Crippen LogP contribution in [-0.4, -0.2) is 10.9 Å². The van der Waals surface area contributed by atoms with E-state index in [1.54, 1.807) is 0 Å². The lowest BCUT2D eigenvalue weighted by atomic mass is 10.1. The van der Waals surface area contributed by atoms with Gasteiger partial charge in [0.1, 0.15) is 6.29 Å². The van der Waals surface area contributed by atoms with Gasteiger partial charge in [0, 0.05) is 28.2 Å². The minimum absolute atomic E-state index is 0.119. The summed E-state index contributed by atoms with van der Waals surface area (Å²) in [6, 6.07) is 8.82. The highest BCUT2D eigenvalue weighted by Crippen LogP contribution is 2.33. The molecule has 3 rings (SSSR count). The van der Waals surface area contributed by atoms with Crippen LogP contribution in [0.4, 0.5) is 0 Å². The summed E-state index contributed by atoms with van der Waals surface area (Å²) in [7, 11) is 0. The van der Waals surface area contributed by atoms with E-state index < -0.39 is 0 Å². The van der Waals surface area contributed by atoms with Crippen LogP contribution in [0.25, 0.3) is 23.1 Å². The maximum absolute atomic E-state index is 11.0. The molecular weight excluding hydrogens is 234 g/mol. The predicted octanol–water partition coefficient (Wildman–Crippen LogP) is 4.08. The zero-order chi connectivity index (χ0) is 13.4. The molecule has 1 aromatic heterocycles. The Morgan fingerprint density at radius 1 is 1.16 bits per heavy atom. The van der Waals surface area contributed by atoms with Crippen molar-refractivity contribution >= 4 is 29.3 Å². The third-order valence-electron chi connectivity index (χ3n) is 3.62. The fraction of sp³-hybridized carbons (Fsp3) is 0.235. The number of carbonyl (C=O) groups is 1. The van der Waals surface area contributed by atoms with Crippen molar-refractivity contribution in [2.45, 2.75) is 19.9 Å². The number of para-hydroxylation sites is 1. The van der Waals surface area contributed by atoms with Crippen molar-refractivity contribution in [1.29, 1.82) is 0 Å². The molecule has 1 aromatic carbocycles. The van der Waals surface area contributed by atoms with Gasteiger partial charge in [0.15, 0.2) is 0 Å². The Bertz CT molecular complexity index is 689. The molecule has 2 nitrogen and oxygen atoms in total. The molecule has 2 heteroatoms. The van der Waals surface area contributed by atoms with Crippen molar-refractivity contribution < 1.29 is 4.79 Å². The highest BCUT2D eigenvalue weighted by atomic mass is 16.1. The number of carbonyl (C=O) groups excluding carboxylic acids is 1. The van der Waals surface area contributed by atoms with E-state index in [0.717, 1.165) is 6.29 Å². The normalized spacial score (nSPS) is 17.7. The van der Waals surface area contributed by atoms with E-state index in [4.69, 9.17) is 0 Å². The van der Waals surface area contributed by atoms with Gasteiger partial charge in [-0.2, -0.15) is 0 Å². The molecule has 0 saturated carbocycles. The SMILES string of the molecule is CC(C)n1c2c(c3ccccc31)C=CC(C=O)C=C2. The molecule has 0 spiro atoms. The van der Waals surface area contributed by atoms with Crippen molar-refractivity contribution in [2.75, 3.05) is 0 Å². The summed E-state index contributed by atoms with van der Waals surface area (Å²) in [6.45, 7) is 4.37. The van der Waals surface area contributed by atoms with E-state index >= 15 is 0 Å². The average Bonchev–Trinajstić information content (AvgIpc) is 2.58. The average molecular weight is 251 g/mol. The molecule has 2 aromatic rings. The van der Waals surface area contributed by atoms with Gasteiger partial charge in [0.25, 0.3) is 0 Å². The molecule has 1 aliphatic rings. The Balaban J connectivity index is 2.35. The molecule has 0 saturated heterocycles. The minimum atomic E-state index is -0.119. The van der Waals surface area contributed by atoms with Crippen LogP contribution in [0.2, 0.25) is 0 Å². The van der Waals surface area contributed by atoms with Crippen LogP contribution >= 0.6 is 0 Å². The lowest BCUT2D eigenvalue weighted by molar-refractivity contribution is -0.108. The molecular formula is C17H17NO. The summed E-state index contributed by atoms with van der Waals surface area (Å²) in [5, 5.41) is 1.25. The van der Waals surface area contributed by atoms with E-state index in [2.05, 4.69) is 54.8 Å².